The largest absolute Gasteiger partial charge is 0.312 e. The molecule has 14 heavy (non-hydrogen) atoms. The molecule has 78 valence electrons. The van der Waals surface area contributed by atoms with Crippen molar-refractivity contribution in [1.29, 1.82) is 0 Å². The molecule has 1 aliphatic rings. The monoisotopic (exact) mass is 209 g/mol. The number of thiophene rings is 1. The molecule has 0 unspecified atom stereocenters. The smallest absolute Gasteiger partial charge is 0.0299 e. The Morgan fingerprint density at radius 3 is 2.79 bits per heavy atom. The third-order valence-corrected chi connectivity index (χ3v) is 4.10. The molecule has 1 aromatic heterocycles. The molecule has 0 spiro atoms. The molecule has 1 nitrogen and oxygen atoms in total. The summed E-state index contributed by atoms with van der Waals surface area (Å²) in [5.74, 6) is 1.05. The topological polar surface area (TPSA) is 12.0 Å². The van der Waals surface area contributed by atoms with Gasteiger partial charge in [0.1, 0.15) is 0 Å². The zero-order valence-electron chi connectivity index (χ0n) is 9.10. The molecule has 1 saturated carbocycles. The summed E-state index contributed by atoms with van der Waals surface area (Å²) >= 11 is 1.93. The van der Waals surface area contributed by atoms with Crippen LogP contribution in [0.15, 0.2) is 6.07 Å². The Hall–Kier alpha value is -0.340. The van der Waals surface area contributed by atoms with E-state index in [9.17, 15) is 0 Å². The fourth-order valence-electron chi connectivity index (χ4n) is 1.66. The highest BCUT2D eigenvalue weighted by Crippen LogP contribution is 2.31. The summed E-state index contributed by atoms with van der Waals surface area (Å²) in [5, 5.41) is 3.52. The van der Waals surface area contributed by atoms with Gasteiger partial charge in [0, 0.05) is 16.3 Å². The number of hydrogen-bond acceptors (Lipinski definition) is 2. The Balaban J connectivity index is 1.68. The van der Waals surface area contributed by atoms with Crippen molar-refractivity contribution in [2.75, 3.05) is 6.54 Å². The molecule has 1 fully saturated rings. The lowest BCUT2D eigenvalue weighted by molar-refractivity contribution is 0.616. The maximum atomic E-state index is 3.52. The summed E-state index contributed by atoms with van der Waals surface area (Å²) < 4.78 is 0. The molecule has 0 amide bonds. The third-order valence-electron chi connectivity index (χ3n) is 2.94. The van der Waals surface area contributed by atoms with Crippen LogP contribution >= 0.6 is 11.3 Å². The molecule has 0 aromatic carbocycles. The van der Waals surface area contributed by atoms with Crippen molar-refractivity contribution < 1.29 is 0 Å². The van der Waals surface area contributed by atoms with Crippen molar-refractivity contribution in [3.05, 3.63) is 21.4 Å². The van der Waals surface area contributed by atoms with Crippen LogP contribution in [0, 0.1) is 19.8 Å². The van der Waals surface area contributed by atoms with Crippen molar-refractivity contribution in [2.24, 2.45) is 5.92 Å². The predicted octanol–water partition coefficient (Wildman–Crippen LogP) is 3.25. The average Bonchev–Trinajstić information content (AvgIpc) is 2.90. The molecule has 2 rings (SSSR count). The quantitative estimate of drug-likeness (QED) is 0.734. The van der Waals surface area contributed by atoms with Gasteiger partial charge in [0.15, 0.2) is 0 Å². The Kier molecular flexibility index (Phi) is 3.24. The minimum Gasteiger partial charge on any atom is -0.312 e. The maximum Gasteiger partial charge on any atom is 0.0299 e. The third kappa shape index (κ3) is 2.82. The lowest BCUT2D eigenvalue weighted by Crippen LogP contribution is -2.14. The molecule has 0 atom stereocenters. The standard InChI is InChI=1S/C12H19NS/c1-9-7-12(14-10(9)2)8-13-6-5-11-3-4-11/h7,11,13H,3-6,8H2,1-2H3. The van der Waals surface area contributed by atoms with Crippen LogP contribution in [0.25, 0.3) is 0 Å². The zero-order chi connectivity index (χ0) is 9.97. The fourth-order valence-corrected chi connectivity index (χ4v) is 2.68. The second-order valence-electron chi connectivity index (χ2n) is 4.36. The van der Waals surface area contributed by atoms with Gasteiger partial charge in [0.2, 0.25) is 0 Å². The second-order valence-corrected chi connectivity index (χ2v) is 5.70. The number of rotatable bonds is 5. The molecule has 0 radical (unpaired) electrons. The fraction of sp³-hybridized carbons (Fsp3) is 0.667. The molecule has 2 heteroatoms. The summed E-state index contributed by atoms with van der Waals surface area (Å²) in [6.07, 6.45) is 4.32. The molecule has 1 aliphatic carbocycles. The molecule has 1 heterocycles. The SMILES string of the molecule is Cc1cc(CNCCC2CC2)sc1C. The van der Waals surface area contributed by atoms with Gasteiger partial charge in [0.05, 0.1) is 0 Å². The van der Waals surface area contributed by atoms with E-state index in [0.29, 0.717) is 0 Å². The van der Waals surface area contributed by atoms with E-state index in [2.05, 4.69) is 25.2 Å². The Labute approximate surface area is 90.5 Å². The minimum absolute atomic E-state index is 1.05. The lowest BCUT2D eigenvalue weighted by Gasteiger charge is -2.00. The van der Waals surface area contributed by atoms with Gasteiger partial charge in [-0.3, -0.25) is 0 Å². The highest BCUT2D eigenvalue weighted by Gasteiger charge is 2.19. The van der Waals surface area contributed by atoms with Gasteiger partial charge in [0.25, 0.3) is 0 Å². The van der Waals surface area contributed by atoms with Crippen molar-refractivity contribution in [2.45, 2.75) is 39.7 Å². The van der Waals surface area contributed by atoms with Crippen LogP contribution in [0.3, 0.4) is 0 Å². The Morgan fingerprint density at radius 1 is 1.43 bits per heavy atom. The molecule has 1 N–H and O–H groups in total. The maximum absolute atomic E-state index is 3.52. The molecule has 0 aliphatic heterocycles. The van der Waals surface area contributed by atoms with Gasteiger partial charge in [-0.15, -0.1) is 11.3 Å². The van der Waals surface area contributed by atoms with E-state index >= 15 is 0 Å². The minimum atomic E-state index is 1.05. The van der Waals surface area contributed by atoms with Crippen molar-refractivity contribution >= 4 is 11.3 Å². The summed E-state index contributed by atoms with van der Waals surface area (Å²) in [7, 11) is 0. The van der Waals surface area contributed by atoms with Gasteiger partial charge >= 0.3 is 0 Å². The first-order valence-electron chi connectivity index (χ1n) is 5.52. The van der Waals surface area contributed by atoms with Crippen LogP contribution in [0.1, 0.15) is 34.6 Å². The van der Waals surface area contributed by atoms with Crippen LogP contribution in [-0.4, -0.2) is 6.54 Å². The molecule has 1 aromatic rings. The first-order valence-corrected chi connectivity index (χ1v) is 6.34. The van der Waals surface area contributed by atoms with Gasteiger partial charge < -0.3 is 5.32 Å². The summed E-state index contributed by atoms with van der Waals surface area (Å²) in [4.78, 5) is 2.94. The van der Waals surface area contributed by atoms with Gasteiger partial charge in [-0.1, -0.05) is 12.8 Å². The van der Waals surface area contributed by atoms with Crippen molar-refractivity contribution in [3.63, 3.8) is 0 Å². The lowest BCUT2D eigenvalue weighted by atomic mass is 10.2. The Bertz CT molecular complexity index is 280. The molecular weight excluding hydrogens is 190 g/mol. The van der Waals surface area contributed by atoms with Crippen LogP contribution in [0.5, 0.6) is 0 Å². The van der Waals surface area contributed by atoms with E-state index in [-0.39, 0.29) is 0 Å². The van der Waals surface area contributed by atoms with Crippen LogP contribution < -0.4 is 5.32 Å². The number of hydrogen-bond donors (Lipinski definition) is 1. The van der Waals surface area contributed by atoms with Crippen LogP contribution in [-0.2, 0) is 6.54 Å². The van der Waals surface area contributed by atoms with Crippen molar-refractivity contribution in [1.82, 2.24) is 5.32 Å². The number of nitrogens with one attached hydrogen (secondary N) is 1. The summed E-state index contributed by atoms with van der Waals surface area (Å²) in [6.45, 7) is 6.65. The van der Waals surface area contributed by atoms with Crippen LogP contribution in [0.4, 0.5) is 0 Å². The Morgan fingerprint density at radius 2 is 2.21 bits per heavy atom. The van der Waals surface area contributed by atoms with E-state index in [1.165, 1.54) is 41.1 Å². The average molecular weight is 209 g/mol. The van der Waals surface area contributed by atoms with E-state index in [1.807, 2.05) is 11.3 Å². The first kappa shape index (κ1) is 10.2. The normalized spacial score (nSPS) is 16.1. The van der Waals surface area contributed by atoms with E-state index in [1.54, 1.807) is 0 Å². The highest BCUT2D eigenvalue weighted by atomic mass is 32.1. The van der Waals surface area contributed by atoms with Gasteiger partial charge in [-0.2, -0.15) is 0 Å². The summed E-state index contributed by atoms with van der Waals surface area (Å²) in [5.41, 5.74) is 1.44. The highest BCUT2D eigenvalue weighted by molar-refractivity contribution is 7.12. The van der Waals surface area contributed by atoms with E-state index in [0.717, 1.165) is 12.5 Å². The predicted molar refractivity (Wildman–Crippen MR) is 62.8 cm³/mol. The van der Waals surface area contributed by atoms with Gasteiger partial charge in [-0.05, 0) is 44.4 Å². The molecule has 0 saturated heterocycles. The zero-order valence-corrected chi connectivity index (χ0v) is 9.91. The number of aryl methyl sites for hydroxylation is 2. The second kappa shape index (κ2) is 4.45. The van der Waals surface area contributed by atoms with Crippen LogP contribution in [0.2, 0.25) is 0 Å². The molecule has 0 bridgehead atoms. The summed E-state index contributed by atoms with van der Waals surface area (Å²) in [6, 6.07) is 2.31. The van der Waals surface area contributed by atoms with Gasteiger partial charge in [-0.25, -0.2) is 0 Å². The van der Waals surface area contributed by atoms with Crippen molar-refractivity contribution in [3.8, 4) is 0 Å². The molecular formula is C12H19NS. The van der Waals surface area contributed by atoms with E-state index in [4.69, 9.17) is 0 Å². The van der Waals surface area contributed by atoms with E-state index < -0.39 is 0 Å². The first-order chi connectivity index (χ1) is 6.75.